The third kappa shape index (κ3) is 4.49. The molecule has 0 unspecified atom stereocenters. The van der Waals surface area contributed by atoms with Crippen molar-refractivity contribution in [2.75, 3.05) is 36.0 Å². The summed E-state index contributed by atoms with van der Waals surface area (Å²) < 4.78 is 57.5. The summed E-state index contributed by atoms with van der Waals surface area (Å²) in [6.07, 6.45) is 1.20. The summed E-state index contributed by atoms with van der Waals surface area (Å²) >= 11 is 0.700. The number of alkyl halides is 2. The number of fused-ring (bicyclic) bond motifs is 3. The number of pyridine rings is 1. The highest BCUT2D eigenvalue weighted by atomic mass is 32.2. The van der Waals surface area contributed by atoms with E-state index in [2.05, 4.69) is 39.7 Å². The molecule has 1 aliphatic carbocycles. The van der Waals surface area contributed by atoms with Crippen LogP contribution in [0.25, 0.3) is 27.1 Å². The minimum Gasteiger partial charge on any atom is -0.353 e. The van der Waals surface area contributed by atoms with Crippen molar-refractivity contribution in [1.82, 2.24) is 34.4 Å². The largest absolute Gasteiger partial charge is 0.353 e. The van der Waals surface area contributed by atoms with Crippen molar-refractivity contribution >= 4 is 54.9 Å². The summed E-state index contributed by atoms with van der Waals surface area (Å²) in [6, 6.07) is 12.4. The number of sulfonamides is 1. The molecule has 2 fully saturated rings. The molecule has 1 aliphatic heterocycles. The van der Waals surface area contributed by atoms with Gasteiger partial charge in [0.2, 0.25) is 15.2 Å². The Kier molecular flexibility index (Phi) is 6.26. The molecule has 0 radical (unpaired) electrons. The van der Waals surface area contributed by atoms with Crippen LogP contribution in [-0.2, 0) is 10.0 Å². The van der Waals surface area contributed by atoms with Gasteiger partial charge >= 0.3 is 0 Å². The minimum atomic E-state index is -4.06. The van der Waals surface area contributed by atoms with E-state index < -0.39 is 27.0 Å². The van der Waals surface area contributed by atoms with Crippen molar-refractivity contribution in [1.29, 1.82) is 5.26 Å². The average molecular weight is 609 g/mol. The Morgan fingerprint density at radius 3 is 2.48 bits per heavy atom. The Balaban J connectivity index is 1.35. The third-order valence-corrected chi connectivity index (χ3v) is 9.91. The van der Waals surface area contributed by atoms with Crippen LogP contribution >= 0.6 is 11.3 Å². The summed E-state index contributed by atoms with van der Waals surface area (Å²) in [5.41, 5.74) is -0.333. The van der Waals surface area contributed by atoms with Gasteiger partial charge in [-0.15, -0.1) is 10.2 Å². The molecule has 42 heavy (non-hydrogen) atoms. The third-order valence-electron chi connectivity index (χ3n) is 7.46. The van der Waals surface area contributed by atoms with Crippen LogP contribution in [0.5, 0.6) is 0 Å². The van der Waals surface area contributed by atoms with Crippen molar-refractivity contribution in [2.24, 2.45) is 0 Å². The van der Waals surface area contributed by atoms with E-state index in [0.717, 1.165) is 5.82 Å². The number of nitriles is 1. The molecule has 4 aromatic heterocycles. The van der Waals surface area contributed by atoms with Crippen molar-refractivity contribution in [3.05, 3.63) is 53.9 Å². The van der Waals surface area contributed by atoms with E-state index in [-0.39, 0.29) is 10.0 Å². The number of nitrogens with zero attached hydrogens (tertiary/aromatic N) is 9. The van der Waals surface area contributed by atoms with Crippen LogP contribution in [0.2, 0.25) is 0 Å². The van der Waals surface area contributed by atoms with Gasteiger partial charge in [0.25, 0.3) is 6.43 Å². The maximum Gasteiger partial charge on any atom is 0.291 e. The first kappa shape index (κ1) is 26.6. The predicted octanol–water partition coefficient (Wildman–Crippen LogP) is 3.42. The van der Waals surface area contributed by atoms with E-state index in [1.807, 2.05) is 24.3 Å². The number of anilines is 2. The van der Waals surface area contributed by atoms with Gasteiger partial charge in [-0.05, 0) is 37.1 Å². The van der Waals surface area contributed by atoms with Gasteiger partial charge in [0.05, 0.1) is 21.9 Å². The molecule has 0 bridgehead atoms. The number of halogens is 2. The van der Waals surface area contributed by atoms with Gasteiger partial charge < -0.3 is 9.80 Å². The summed E-state index contributed by atoms with van der Waals surface area (Å²) in [5.74, 6) is 1.53. The minimum absolute atomic E-state index is 0.0716. The highest BCUT2D eigenvalue weighted by Crippen LogP contribution is 2.40. The summed E-state index contributed by atoms with van der Waals surface area (Å²) in [5, 5.41) is 18.0. The van der Waals surface area contributed by atoms with Crippen LogP contribution < -0.4 is 14.5 Å². The highest BCUT2D eigenvalue weighted by molar-refractivity contribution is 7.89. The van der Waals surface area contributed by atoms with Crippen molar-refractivity contribution < 1.29 is 17.2 Å². The Labute approximate surface area is 242 Å². The first-order chi connectivity index (χ1) is 20.3. The lowest BCUT2D eigenvalue weighted by atomic mass is 10.2. The first-order valence-corrected chi connectivity index (χ1v) is 15.4. The maximum atomic E-state index is 13.5. The maximum absolute atomic E-state index is 13.5. The number of benzene rings is 1. The van der Waals surface area contributed by atoms with E-state index in [0.29, 0.717) is 78.1 Å². The second-order valence-electron chi connectivity index (χ2n) is 10.1. The van der Waals surface area contributed by atoms with Crippen LogP contribution in [0, 0.1) is 11.3 Å². The molecule has 5 heterocycles. The number of rotatable bonds is 7. The standard InChI is InChI=1S/C26H22F2N10O2S2/c27-21(28)24-33-34-25(41-24)38-18-13-16(42(39,40)35-26(14-29)6-7-26)4-5-17(18)20-22(31-15-32-23(20)38)37-11-9-36(10-12-37)19-3-1-2-8-30-19/h1-5,8,13,15,21,35H,6-7,9-12H2. The Morgan fingerprint density at radius 1 is 1.02 bits per heavy atom. The Morgan fingerprint density at radius 2 is 1.81 bits per heavy atom. The Bertz CT molecular complexity index is 1960. The predicted molar refractivity (Wildman–Crippen MR) is 151 cm³/mol. The van der Waals surface area contributed by atoms with Gasteiger partial charge in [-0.3, -0.25) is 4.57 Å². The lowest BCUT2D eigenvalue weighted by Gasteiger charge is -2.36. The molecular weight excluding hydrogens is 586 g/mol. The zero-order valence-electron chi connectivity index (χ0n) is 21.9. The van der Waals surface area contributed by atoms with Gasteiger partial charge in [-0.1, -0.05) is 23.5 Å². The van der Waals surface area contributed by atoms with Crippen LogP contribution in [-0.4, -0.2) is 69.9 Å². The number of hydrogen-bond donors (Lipinski definition) is 1. The molecule has 1 saturated carbocycles. The molecule has 0 amide bonds. The van der Waals surface area contributed by atoms with E-state index in [1.165, 1.54) is 18.5 Å². The lowest BCUT2D eigenvalue weighted by Crippen LogP contribution is -2.47. The second kappa shape index (κ2) is 9.89. The normalized spacial score (nSPS) is 16.8. The Hall–Kier alpha value is -4.33. The molecule has 5 aromatic rings. The SMILES string of the molecule is N#CC1(NS(=O)(=O)c2ccc3c4c(N5CCN(c6ccccn6)CC5)ncnc4n(-c4nnc(C(F)F)s4)c3c2)CC1. The van der Waals surface area contributed by atoms with Crippen LogP contribution in [0.1, 0.15) is 24.3 Å². The fourth-order valence-electron chi connectivity index (χ4n) is 5.17. The van der Waals surface area contributed by atoms with Crippen molar-refractivity contribution in [3.63, 3.8) is 0 Å². The fourth-order valence-corrected chi connectivity index (χ4v) is 7.28. The van der Waals surface area contributed by atoms with Crippen molar-refractivity contribution in [2.45, 2.75) is 29.7 Å². The van der Waals surface area contributed by atoms with Gasteiger partial charge in [0.15, 0.2) is 10.7 Å². The quantitative estimate of drug-likeness (QED) is 0.292. The van der Waals surface area contributed by atoms with Crippen LogP contribution in [0.4, 0.5) is 20.4 Å². The lowest BCUT2D eigenvalue weighted by molar-refractivity contribution is 0.150. The number of hydrogen-bond acceptors (Lipinski definition) is 11. The first-order valence-electron chi connectivity index (χ1n) is 13.1. The van der Waals surface area contributed by atoms with Gasteiger partial charge in [0.1, 0.15) is 23.5 Å². The van der Waals surface area contributed by atoms with Gasteiger partial charge in [-0.2, -0.15) is 9.98 Å². The molecular formula is C26H22F2N10O2S2. The molecule has 0 spiro atoms. The molecule has 1 N–H and O–H groups in total. The number of nitrogens with one attached hydrogen (secondary N) is 1. The molecule has 0 atom stereocenters. The monoisotopic (exact) mass is 608 g/mol. The molecule has 7 rings (SSSR count). The summed E-state index contributed by atoms with van der Waals surface area (Å²) in [4.78, 5) is 17.8. The van der Waals surface area contributed by atoms with Crippen LogP contribution in [0.3, 0.4) is 0 Å². The summed E-state index contributed by atoms with van der Waals surface area (Å²) in [7, 11) is -4.06. The zero-order valence-corrected chi connectivity index (χ0v) is 23.5. The molecule has 16 heteroatoms. The second-order valence-corrected chi connectivity index (χ2v) is 12.8. The molecule has 1 aromatic carbocycles. The van der Waals surface area contributed by atoms with Gasteiger partial charge in [0, 0.05) is 37.8 Å². The molecule has 2 aliphatic rings. The van der Waals surface area contributed by atoms with E-state index >= 15 is 0 Å². The van der Waals surface area contributed by atoms with E-state index in [1.54, 1.807) is 16.8 Å². The summed E-state index contributed by atoms with van der Waals surface area (Å²) in [6.45, 7) is 2.67. The fraction of sp³-hybridized carbons (Fsp3) is 0.308. The molecule has 12 nitrogen and oxygen atoms in total. The van der Waals surface area contributed by atoms with E-state index in [4.69, 9.17) is 0 Å². The van der Waals surface area contributed by atoms with Crippen molar-refractivity contribution in [3.8, 4) is 11.2 Å². The smallest absolute Gasteiger partial charge is 0.291 e. The van der Waals surface area contributed by atoms with E-state index in [9.17, 15) is 22.5 Å². The number of aromatic nitrogens is 6. The van der Waals surface area contributed by atoms with Gasteiger partial charge in [-0.25, -0.2) is 32.2 Å². The highest BCUT2D eigenvalue weighted by Gasteiger charge is 2.47. The number of piperazine rings is 1. The average Bonchev–Trinajstić information content (AvgIpc) is 3.44. The molecule has 1 saturated heterocycles. The zero-order chi connectivity index (χ0) is 29.1. The van der Waals surface area contributed by atoms with Crippen LogP contribution in [0.15, 0.2) is 53.8 Å². The topological polar surface area (TPSA) is 146 Å². The molecule has 214 valence electrons.